The standard InChI is InChI=1S/C24H39ClF3NO3S/c1-2-29(33(30,31)20-10-4-7-17(14-20)24(26,27)28)18-8-5-9-19(15-18)32-22-13-12-16-6-3-11-21(25)23(16)22/h16-23H,2-15H2,1H3. The maximum absolute atomic E-state index is 13.5. The van der Waals surface area contributed by atoms with Crippen LogP contribution in [0.5, 0.6) is 0 Å². The Hall–Kier alpha value is -0.0500. The van der Waals surface area contributed by atoms with Crippen LogP contribution in [-0.4, -0.2) is 54.3 Å². The van der Waals surface area contributed by atoms with E-state index in [1.165, 1.54) is 17.1 Å². The highest BCUT2D eigenvalue weighted by atomic mass is 35.5. The second kappa shape index (κ2) is 10.5. The molecule has 0 spiro atoms. The fourth-order valence-electron chi connectivity index (χ4n) is 7.16. The van der Waals surface area contributed by atoms with E-state index >= 15 is 0 Å². The number of halogens is 4. The third-order valence-electron chi connectivity index (χ3n) is 8.79. The lowest BCUT2D eigenvalue weighted by atomic mass is 9.80. The summed E-state index contributed by atoms with van der Waals surface area (Å²) in [6.45, 7) is 2.10. The zero-order chi connectivity index (χ0) is 23.8. The normalized spacial score (nSPS) is 40.7. The predicted molar refractivity (Wildman–Crippen MR) is 124 cm³/mol. The van der Waals surface area contributed by atoms with Crippen molar-refractivity contribution in [3.8, 4) is 0 Å². The molecule has 0 aromatic heterocycles. The minimum absolute atomic E-state index is 0.00294. The number of fused-ring (bicyclic) bond motifs is 1. The summed E-state index contributed by atoms with van der Waals surface area (Å²) in [7, 11) is -3.79. The monoisotopic (exact) mass is 513 g/mol. The van der Waals surface area contributed by atoms with Gasteiger partial charge >= 0.3 is 6.18 Å². The molecule has 4 nitrogen and oxygen atoms in total. The Morgan fingerprint density at radius 2 is 1.67 bits per heavy atom. The molecule has 0 saturated heterocycles. The van der Waals surface area contributed by atoms with Crippen molar-refractivity contribution in [2.75, 3.05) is 6.54 Å². The maximum atomic E-state index is 13.5. The first-order valence-electron chi connectivity index (χ1n) is 13.0. The predicted octanol–water partition coefficient (Wildman–Crippen LogP) is 6.27. The van der Waals surface area contributed by atoms with Gasteiger partial charge < -0.3 is 4.74 Å². The molecule has 192 valence electrons. The second-order valence-corrected chi connectivity index (χ2v) is 13.5. The second-order valence-electron chi connectivity index (χ2n) is 10.8. The van der Waals surface area contributed by atoms with E-state index in [0.717, 1.165) is 38.5 Å². The van der Waals surface area contributed by atoms with E-state index in [1.54, 1.807) is 6.92 Å². The highest BCUT2D eigenvalue weighted by Gasteiger charge is 2.48. The molecular weight excluding hydrogens is 475 g/mol. The Bertz CT molecular complexity index is 765. The van der Waals surface area contributed by atoms with Crippen molar-refractivity contribution >= 4 is 21.6 Å². The first-order chi connectivity index (χ1) is 15.6. The van der Waals surface area contributed by atoms with Gasteiger partial charge in [-0.1, -0.05) is 19.8 Å². The molecule has 0 aromatic carbocycles. The molecule has 0 aliphatic heterocycles. The molecule has 0 aromatic rings. The number of ether oxygens (including phenoxy) is 1. The van der Waals surface area contributed by atoms with Crippen molar-refractivity contribution in [3.63, 3.8) is 0 Å². The van der Waals surface area contributed by atoms with Crippen LogP contribution in [0.25, 0.3) is 0 Å². The van der Waals surface area contributed by atoms with E-state index in [2.05, 4.69) is 0 Å². The Kier molecular flexibility index (Phi) is 8.29. The molecule has 8 atom stereocenters. The van der Waals surface area contributed by atoms with Crippen LogP contribution >= 0.6 is 11.6 Å². The van der Waals surface area contributed by atoms with E-state index in [4.69, 9.17) is 16.3 Å². The molecule has 0 radical (unpaired) electrons. The number of hydrogen-bond donors (Lipinski definition) is 0. The quantitative estimate of drug-likeness (QED) is 0.393. The van der Waals surface area contributed by atoms with Gasteiger partial charge in [0.25, 0.3) is 0 Å². The van der Waals surface area contributed by atoms with Crippen LogP contribution in [-0.2, 0) is 14.8 Å². The van der Waals surface area contributed by atoms with E-state index in [1.807, 2.05) is 0 Å². The van der Waals surface area contributed by atoms with Crippen molar-refractivity contribution in [2.24, 2.45) is 17.8 Å². The third-order valence-corrected chi connectivity index (χ3v) is 11.8. The van der Waals surface area contributed by atoms with Crippen molar-refractivity contribution in [1.29, 1.82) is 0 Å². The molecule has 0 amide bonds. The summed E-state index contributed by atoms with van der Waals surface area (Å²) in [5.41, 5.74) is 0. The summed E-state index contributed by atoms with van der Waals surface area (Å²) in [4.78, 5) is 0. The molecule has 0 N–H and O–H groups in total. The molecule has 4 aliphatic carbocycles. The van der Waals surface area contributed by atoms with E-state index in [0.29, 0.717) is 37.6 Å². The van der Waals surface area contributed by atoms with Gasteiger partial charge in [0, 0.05) is 23.9 Å². The van der Waals surface area contributed by atoms with Gasteiger partial charge in [0.2, 0.25) is 10.0 Å². The van der Waals surface area contributed by atoms with Gasteiger partial charge in [-0.2, -0.15) is 17.5 Å². The Balaban J connectivity index is 1.41. The van der Waals surface area contributed by atoms with E-state index < -0.39 is 27.4 Å². The highest BCUT2D eigenvalue weighted by Crippen LogP contribution is 2.47. The Labute approximate surface area is 202 Å². The number of rotatable bonds is 6. The van der Waals surface area contributed by atoms with Crippen LogP contribution in [0, 0.1) is 17.8 Å². The average molecular weight is 514 g/mol. The minimum Gasteiger partial charge on any atom is -0.375 e. The van der Waals surface area contributed by atoms with Gasteiger partial charge in [0.15, 0.2) is 0 Å². The number of hydrogen-bond acceptors (Lipinski definition) is 3. The molecule has 4 saturated carbocycles. The van der Waals surface area contributed by atoms with Crippen LogP contribution < -0.4 is 0 Å². The lowest BCUT2D eigenvalue weighted by Gasteiger charge is -2.41. The Morgan fingerprint density at radius 1 is 0.939 bits per heavy atom. The van der Waals surface area contributed by atoms with E-state index in [9.17, 15) is 21.6 Å². The van der Waals surface area contributed by atoms with Gasteiger partial charge in [-0.05, 0) is 76.5 Å². The maximum Gasteiger partial charge on any atom is 0.391 e. The molecular formula is C24H39ClF3NO3S. The zero-order valence-electron chi connectivity index (χ0n) is 19.6. The molecule has 4 aliphatic rings. The first-order valence-corrected chi connectivity index (χ1v) is 14.9. The van der Waals surface area contributed by atoms with Crippen molar-refractivity contribution in [3.05, 3.63) is 0 Å². The molecule has 33 heavy (non-hydrogen) atoms. The summed E-state index contributed by atoms with van der Waals surface area (Å²) in [5, 5.41) is -0.773. The average Bonchev–Trinajstić information content (AvgIpc) is 3.18. The van der Waals surface area contributed by atoms with Crippen LogP contribution in [0.15, 0.2) is 0 Å². The van der Waals surface area contributed by atoms with Gasteiger partial charge in [-0.3, -0.25) is 0 Å². The van der Waals surface area contributed by atoms with Crippen LogP contribution in [0.2, 0.25) is 0 Å². The van der Waals surface area contributed by atoms with Crippen LogP contribution in [0.3, 0.4) is 0 Å². The topological polar surface area (TPSA) is 46.6 Å². The zero-order valence-corrected chi connectivity index (χ0v) is 21.2. The van der Waals surface area contributed by atoms with Crippen LogP contribution in [0.1, 0.15) is 90.4 Å². The highest BCUT2D eigenvalue weighted by molar-refractivity contribution is 7.89. The number of sulfonamides is 1. The molecule has 9 heteroatoms. The van der Waals surface area contributed by atoms with E-state index in [-0.39, 0.29) is 36.5 Å². The molecule has 4 fully saturated rings. The minimum atomic E-state index is -4.33. The van der Waals surface area contributed by atoms with Crippen molar-refractivity contribution < 1.29 is 26.3 Å². The van der Waals surface area contributed by atoms with Gasteiger partial charge in [-0.15, -0.1) is 11.6 Å². The molecule has 0 bridgehead atoms. The third kappa shape index (κ3) is 5.69. The number of alkyl halides is 4. The van der Waals surface area contributed by atoms with Crippen molar-refractivity contribution in [2.45, 2.75) is 125 Å². The summed E-state index contributed by atoms with van der Waals surface area (Å²) in [6, 6.07) is -0.194. The van der Waals surface area contributed by atoms with Gasteiger partial charge in [0.1, 0.15) is 0 Å². The summed E-state index contributed by atoms with van der Waals surface area (Å²) < 4.78 is 74.9. The molecule has 0 heterocycles. The van der Waals surface area contributed by atoms with Gasteiger partial charge in [0.05, 0.1) is 23.4 Å². The largest absolute Gasteiger partial charge is 0.391 e. The van der Waals surface area contributed by atoms with Crippen molar-refractivity contribution in [1.82, 2.24) is 4.31 Å². The summed E-state index contributed by atoms with van der Waals surface area (Å²) in [5.74, 6) is -0.471. The fourth-order valence-corrected chi connectivity index (χ4v) is 9.97. The summed E-state index contributed by atoms with van der Waals surface area (Å²) >= 11 is 6.67. The van der Waals surface area contributed by atoms with Gasteiger partial charge in [-0.25, -0.2) is 8.42 Å². The molecule has 8 unspecified atom stereocenters. The lowest BCUT2D eigenvalue weighted by Crippen LogP contribution is -2.50. The smallest absolute Gasteiger partial charge is 0.375 e. The Morgan fingerprint density at radius 3 is 2.39 bits per heavy atom. The lowest BCUT2D eigenvalue weighted by molar-refractivity contribution is -0.181. The first kappa shape index (κ1) is 26.0. The number of nitrogens with zero attached hydrogens (tertiary/aromatic N) is 1. The summed E-state index contributed by atoms with van der Waals surface area (Å²) in [6.07, 6.45) is 4.98. The molecule has 4 rings (SSSR count). The SMILES string of the molecule is CCN(C1CCCC(OC2CCC3CCCC(Cl)C32)C1)S(=O)(=O)C1CCCC(C(F)(F)F)C1. The fraction of sp³-hybridized carbons (Fsp3) is 1.00. The van der Waals surface area contributed by atoms with Crippen LogP contribution in [0.4, 0.5) is 13.2 Å².